The fraction of sp³-hybridized carbons (Fsp3) is 0.900. The zero-order chi connectivity index (χ0) is 18.1. The van der Waals surface area contributed by atoms with E-state index in [0.717, 1.165) is 45.0 Å². The average Bonchev–Trinajstić information content (AvgIpc) is 2.56. The number of carbonyl (C=O) groups is 2. The van der Waals surface area contributed by atoms with Gasteiger partial charge in [-0.25, -0.2) is 0 Å². The molecule has 5 nitrogen and oxygen atoms in total. The van der Waals surface area contributed by atoms with Crippen molar-refractivity contribution in [1.29, 1.82) is 0 Å². The summed E-state index contributed by atoms with van der Waals surface area (Å²) in [6.07, 6.45) is 7.99. The van der Waals surface area contributed by atoms with Crippen LogP contribution in [0.5, 0.6) is 0 Å². The third-order valence-corrected chi connectivity index (χ3v) is 5.57. The highest BCUT2D eigenvalue weighted by molar-refractivity contribution is 5.80. The monoisotopic (exact) mass is 353 g/mol. The topological polar surface area (TPSA) is 64.6 Å². The van der Waals surface area contributed by atoms with Crippen LogP contribution >= 0.6 is 0 Å². The molecule has 0 unspecified atom stereocenters. The minimum atomic E-state index is 0.0452. The van der Waals surface area contributed by atoms with E-state index in [1.54, 1.807) is 6.92 Å². The third kappa shape index (κ3) is 7.45. The predicted octanol–water partition coefficient (Wildman–Crippen LogP) is 3.11. The van der Waals surface area contributed by atoms with E-state index in [1.807, 2.05) is 0 Å². The fourth-order valence-electron chi connectivity index (χ4n) is 3.74. The number of rotatable bonds is 11. The van der Waals surface area contributed by atoms with Gasteiger partial charge >= 0.3 is 0 Å². The van der Waals surface area contributed by atoms with Crippen molar-refractivity contribution >= 4 is 11.7 Å². The van der Waals surface area contributed by atoms with Crippen molar-refractivity contribution in [1.82, 2.24) is 5.32 Å². The molecule has 2 rings (SSSR count). The summed E-state index contributed by atoms with van der Waals surface area (Å²) >= 11 is 0. The lowest BCUT2D eigenvalue weighted by Gasteiger charge is -2.34. The molecule has 0 spiro atoms. The van der Waals surface area contributed by atoms with E-state index in [9.17, 15) is 9.59 Å². The maximum absolute atomic E-state index is 11.9. The number of amides is 1. The van der Waals surface area contributed by atoms with Gasteiger partial charge in [-0.05, 0) is 63.7 Å². The van der Waals surface area contributed by atoms with Gasteiger partial charge in [0.2, 0.25) is 5.91 Å². The lowest BCUT2D eigenvalue weighted by molar-refractivity contribution is -0.128. The van der Waals surface area contributed by atoms with Gasteiger partial charge in [-0.2, -0.15) is 0 Å². The normalized spacial score (nSPS) is 29.0. The van der Waals surface area contributed by atoms with Crippen molar-refractivity contribution in [2.75, 3.05) is 26.4 Å². The van der Waals surface area contributed by atoms with Gasteiger partial charge in [0.1, 0.15) is 5.78 Å². The lowest BCUT2D eigenvalue weighted by atomic mass is 9.78. The number of hydrogen-bond acceptors (Lipinski definition) is 4. The van der Waals surface area contributed by atoms with Crippen molar-refractivity contribution in [2.45, 2.75) is 71.3 Å². The molecule has 2 aliphatic rings. The van der Waals surface area contributed by atoms with E-state index in [2.05, 4.69) is 12.2 Å². The Hall–Kier alpha value is -0.940. The Morgan fingerprint density at radius 3 is 2.04 bits per heavy atom. The van der Waals surface area contributed by atoms with Crippen LogP contribution in [0.2, 0.25) is 0 Å². The molecular formula is C20H35NO4. The number of hydrogen-bond donors (Lipinski definition) is 1. The van der Waals surface area contributed by atoms with Gasteiger partial charge in [0.15, 0.2) is 0 Å². The van der Waals surface area contributed by atoms with Crippen LogP contribution in [0.1, 0.15) is 65.2 Å². The molecule has 0 aromatic rings. The van der Waals surface area contributed by atoms with Crippen LogP contribution in [0.4, 0.5) is 0 Å². The SMILES string of the molecule is CCCOCC1CCC(COCCC(=O)NC2CC(C(C)=O)C2)CC1. The van der Waals surface area contributed by atoms with Crippen LogP contribution in [-0.2, 0) is 19.1 Å². The lowest BCUT2D eigenvalue weighted by Crippen LogP contribution is -2.46. The summed E-state index contributed by atoms with van der Waals surface area (Å²) in [5.74, 6) is 1.79. The molecule has 2 saturated carbocycles. The second-order valence-electron chi connectivity index (χ2n) is 7.83. The number of ether oxygens (including phenoxy) is 2. The molecule has 0 heterocycles. The highest BCUT2D eigenvalue weighted by atomic mass is 16.5. The molecule has 144 valence electrons. The van der Waals surface area contributed by atoms with Gasteiger partial charge in [-0.3, -0.25) is 9.59 Å². The Morgan fingerprint density at radius 1 is 0.960 bits per heavy atom. The number of nitrogens with one attached hydrogen (secondary N) is 1. The molecule has 25 heavy (non-hydrogen) atoms. The first kappa shape index (κ1) is 20.4. The highest BCUT2D eigenvalue weighted by Crippen LogP contribution is 2.29. The van der Waals surface area contributed by atoms with E-state index >= 15 is 0 Å². The summed E-state index contributed by atoms with van der Waals surface area (Å²) in [6.45, 7) is 6.82. The molecule has 0 saturated heterocycles. The van der Waals surface area contributed by atoms with Crippen molar-refractivity contribution in [3.8, 4) is 0 Å². The van der Waals surface area contributed by atoms with Gasteiger partial charge < -0.3 is 14.8 Å². The van der Waals surface area contributed by atoms with Crippen molar-refractivity contribution < 1.29 is 19.1 Å². The molecule has 2 aliphatic carbocycles. The van der Waals surface area contributed by atoms with E-state index in [0.29, 0.717) is 18.9 Å². The fourth-order valence-corrected chi connectivity index (χ4v) is 3.74. The maximum Gasteiger partial charge on any atom is 0.222 e. The largest absolute Gasteiger partial charge is 0.381 e. The van der Waals surface area contributed by atoms with Crippen LogP contribution in [-0.4, -0.2) is 44.2 Å². The second kappa shape index (κ2) is 10.9. The number of ketones is 1. The minimum Gasteiger partial charge on any atom is -0.381 e. The Bertz CT molecular complexity index is 412. The van der Waals surface area contributed by atoms with E-state index in [1.165, 1.54) is 25.7 Å². The molecule has 0 atom stereocenters. The summed E-state index contributed by atoms with van der Waals surface area (Å²) in [5, 5.41) is 2.98. The maximum atomic E-state index is 11.9. The minimum absolute atomic E-state index is 0.0452. The quantitative estimate of drug-likeness (QED) is 0.580. The van der Waals surface area contributed by atoms with E-state index in [-0.39, 0.29) is 23.7 Å². The number of carbonyl (C=O) groups excluding carboxylic acids is 2. The van der Waals surface area contributed by atoms with Crippen molar-refractivity contribution in [3.63, 3.8) is 0 Å². The van der Waals surface area contributed by atoms with Gasteiger partial charge in [0.25, 0.3) is 0 Å². The predicted molar refractivity (Wildman–Crippen MR) is 97.3 cm³/mol. The van der Waals surface area contributed by atoms with Gasteiger partial charge in [-0.15, -0.1) is 0 Å². The first-order valence-electron chi connectivity index (χ1n) is 10.0. The summed E-state index contributed by atoms with van der Waals surface area (Å²) < 4.78 is 11.4. The summed E-state index contributed by atoms with van der Waals surface area (Å²) in [4.78, 5) is 23.0. The molecule has 0 aromatic carbocycles. The molecule has 0 aromatic heterocycles. The van der Waals surface area contributed by atoms with Crippen LogP contribution in [0.3, 0.4) is 0 Å². The van der Waals surface area contributed by atoms with Crippen LogP contribution in [0.25, 0.3) is 0 Å². The summed E-state index contributed by atoms with van der Waals surface area (Å²) in [5.41, 5.74) is 0. The number of Topliss-reactive ketones (excluding diaryl/α,β-unsaturated/α-hetero) is 1. The Morgan fingerprint density at radius 2 is 1.52 bits per heavy atom. The second-order valence-corrected chi connectivity index (χ2v) is 7.83. The Balaban J connectivity index is 1.44. The molecular weight excluding hydrogens is 318 g/mol. The molecule has 1 amide bonds. The van der Waals surface area contributed by atoms with Crippen LogP contribution in [0.15, 0.2) is 0 Å². The van der Waals surface area contributed by atoms with Crippen LogP contribution in [0, 0.1) is 17.8 Å². The van der Waals surface area contributed by atoms with Gasteiger partial charge in [-0.1, -0.05) is 6.92 Å². The first-order chi connectivity index (χ1) is 12.1. The Labute approximate surface area is 152 Å². The first-order valence-corrected chi connectivity index (χ1v) is 10.0. The van der Waals surface area contributed by atoms with Gasteiger partial charge in [0.05, 0.1) is 6.61 Å². The molecule has 2 fully saturated rings. The zero-order valence-electron chi connectivity index (χ0n) is 15.9. The molecule has 5 heteroatoms. The van der Waals surface area contributed by atoms with E-state index in [4.69, 9.17) is 9.47 Å². The third-order valence-electron chi connectivity index (χ3n) is 5.57. The van der Waals surface area contributed by atoms with Gasteiger partial charge in [0, 0.05) is 38.2 Å². The molecule has 0 aliphatic heterocycles. The van der Waals surface area contributed by atoms with Crippen molar-refractivity contribution in [2.24, 2.45) is 17.8 Å². The van der Waals surface area contributed by atoms with E-state index < -0.39 is 0 Å². The van der Waals surface area contributed by atoms with Crippen LogP contribution < -0.4 is 5.32 Å². The zero-order valence-corrected chi connectivity index (χ0v) is 15.9. The molecule has 0 bridgehead atoms. The average molecular weight is 354 g/mol. The summed E-state index contributed by atoms with van der Waals surface area (Å²) in [7, 11) is 0. The smallest absolute Gasteiger partial charge is 0.222 e. The molecule has 1 N–H and O–H groups in total. The highest BCUT2D eigenvalue weighted by Gasteiger charge is 2.32. The Kier molecular flexibility index (Phi) is 8.90. The van der Waals surface area contributed by atoms with Crippen molar-refractivity contribution in [3.05, 3.63) is 0 Å². The summed E-state index contributed by atoms with van der Waals surface area (Å²) in [6, 6.07) is 0.187. The molecule has 0 radical (unpaired) electrons. The standard InChI is InChI=1S/C20H35NO4/c1-3-9-24-13-16-4-6-17(7-5-16)14-25-10-8-20(23)21-19-11-18(12-19)15(2)22/h16-19H,3-14H2,1-2H3,(H,21,23).